The van der Waals surface area contributed by atoms with E-state index in [1.54, 1.807) is 31.3 Å². The van der Waals surface area contributed by atoms with E-state index in [4.69, 9.17) is 21.1 Å². The van der Waals surface area contributed by atoms with Crippen LogP contribution in [0.1, 0.15) is 25.0 Å². The molecule has 0 heterocycles. The molecular formula is C23H23ClN2O3. The van der Waals surface area contributed by atoms with Gasteiger partial charge in [-0.05, 0) is 61.4 Å². The number of rotatable bonds is 7. The van der Waals surface area contributed by atoms with E-state index >= 15 is 0 Å². The molecule has 150 valence electrons. The molecule has 0 spiro atoms. The Morgan fingerprint density at radius 1 is 1.17 bits per heavy atom. The fraction of sp³-hybridized carbons (Fsp3) is 0.217. The van der Waals surface area contributed by atoms with Gasteiger partial charge in [-0.1, -0.05) is 41.9 Å². The Morgan fingerprint density at radius 2 is 1.93 bits per heavy atom. The molecule has 0 aromatic heterocycles. The van der Waals surface area contributed by atoms with Gasteiger partial charge in [-0.2, -0.15) is 5.10 Å². The highest BCUT2D eigenvalue weighted by Crippen LogP contribution is 2.27. The van der Waals surface area contributed by atoms with E-state index in [-0.39, 0.29) is 5.91 Å². The van der Waals surface area contributed by atoms with Gasteiger partial charge >= 0.3 is 0 Å². The van der Waals surface area contributed by atoms with Crippen LogP contribution >= 0.6 is 11.6 Å². The van der Waals surface area contributed by atoms with Crippen molar-refractivity contribution in [3.63, 3.8) is 0 Å². The van der Waals surface area contributed by atoms with Crippen LogP contribution in [0.3, 0.4) is 0 Å². The molecule has 29 heavy (non-hydrogen) atoms. The Labute approximate surface area is 175 Å². The van der Waals surface area contributed by atoms with Gasteiger partial charge in [0.05, 0.1) is 12.8 Å². The predicted octanol–water partition coefficient (Wildman–Crippen LogP) is 5.12. The third-order valence-electron chi connectivity index (χ3n) is 4.41. The largest absolute Gasteiger partial charge is 0.493 e. The first-order chi connectivity index (χ1) is 14.0. The maximum Gasteiger partial charge on any atom is 0.280 e. The van der Waals surface area contributed by atoms with Crippen molar-refractivity contribution in [3.05, 3.63) is 70.7 Å². The smallest absolute Gasteiger partial charge is 0.280 e. The van der Waals surface area contributed by atoms with Crippen LogP contribution in [0.15, 0.2) is 59.7 Å². The fourth-order valence-corrected chi connectivity index (χ4v) is 3.16. The fourth-order valence-electron chi connectivity index (χ4n) is 2.93. The molecule has 3 rings (SSSR count). The SMILES string of the molecule is CCOc1ccc2ccccc2c1/C=N/NC(=O)C(C)Oc1ccc(Cl)cc1C. The molecule has 6 heteroatoms. The van der Waals surface area contributed by atoms with E-state index in [0.29, 0.717) is 23.1 Å². The van der Waals surface area contributed by atoms with Crippen molar-refractivity contribution in [3.8, 4) is 11.5 Å². The molecule has 3 aromatic rings. The van der Waals surface area contributed by atoms with Crippen LogP contribution in [0.4, 0.5) is 0 Å². The molecule has 3 aromatic carbocycles. The summed E-state index contributed by atoms with van der Waals surface area (Å²) in [6, 6.07) is 17.1. The Bertz CT molecular complexity index is 1050. The number of benzene rings is 3. The summed E-state index contributed by atoms with van der Waals surface area (Å²) < 4.78 is 11.4. The van der Waals surface area contributed by atoms with Crippen LogP contribution < -0.4 is 14.9 Å². The molecule has 0 fully saturated rings. The lowest BCUT2D eigenvalue weighted by Crippen LogP contribution is -2.33. The zero-order valence-corrected chi connectivity index (χ0v) is 17.4. The molecule has 1 amide bonds. The van der Waals surface area contributed by atoms with E-state index in [9.17, 15) is 4.79 Å². The van der Waals surface area contributed by atoms with Crippen LogP contribution in [-0.4, -0.2) is 24.8 Å². The van der Waals surface area contributed by atoms with Crippen molar-refractivity contribution in [2.75, 3.05) is 6.61 Å². The number of hydrazone groups is 1. The van der Waals surface area contributed by atoms with Gasteiger partial charge in [0, 0.05) is 10.6 Å². The topological polar surface area (TPSA) is 59.9 Å². The molecule has 1 unspecified atom stereocenters. The van der Waals surface area contributed by atoms with Crippen LogP contribution in [0.2, 0.25) is 5.02 Å². The molecule has 0 aliphatic rings. The van der Waals surface area contributed by atoms with Crippen molar-refractivity contribution in [1.82, 2.24) is 5.43 Å². The summed E-state index contributed by atoms with van der Waals surface area (Å²) >= 11 is 5.96. The molecule has 1 N–H and O–H groups in total. The first kappa shape index (κ1) is 20.7. The summed E-state index contributed by atoms with van der Waals surface area (Å²) in [5.74, 6) is 0.966. The Balaban J connectivity index is 1.73. The van der Waals surface area contributed by atoms with Gasteiger partial charge in [-0.25, -0.2) is 5.43 Å². The van der Waals surface area contributed by atoms with E-state index in [1.807, 2.05) is 50.2 Å². The van der Waals surface area contributed by atoms with Gasteiger partial charge in [0.2, 0.25) is 0 Å². The minimum absolute atomic E-state index is 0.353. The summed E-state index contributed by atoms with van der Waals surface area (Å²) in [5.41, 5.74) is 4.21. The number of carbonyl (C=O) groups is 1. The summed E-state index contributed by atoms with van der Waals surface area (Å²) in [6.45, 7) is 6.01. The molecular weight excluding hydrogens is 388 g/mol. The lowest BCUT2D eigenvalue weighted by Gasteiger charge is -2.15. The molecule has 0 saturated carbocycles. The minimum Gasteiger partial charge on any atom is -0.493 e. The number of carbonyl (C=O) groups excluding carboxylic acids is 1. The summed E-state index contributed by atoms with van der Waals surface area (Å²) in [6.07, 6.45) is 0.886. The first-order valence-corrected chi connectivity index (χ1v) is 9.77. The van der Waals surface area contributed by atoms with Crippen molar-refractivity contribution < 1.29 is 14.3 Å². The summed E-state index contributed by atoms with van der Waals surface area (Å²) in [5, 5.41) is 6.82. The van der Waals surface area contributed by atoms with Crippen LogP contribution in [0.25, 0.3) is 10.8 Å². The maximum absolute atomic E-state index is 12.4. The van der Waals surface area contributed by atoms with Gasteiger partial charge in [0.1, 0.15) is 11.5 Å². The van der Waals surface area contributed by atoms with E-state index in [0.717, 1.165) is 21.9 Å². The quantitative estimate of drug-likeness (QED) is 0.434. The van der Waals surface area contributed by atoms with E-state index in [2.05, 4.69) is 10.5 Å². The second-order valence-electron chi connectivity index (χ2n) is 6.54. The number of hydrogen-bond donors (Lipinski definition) is 1. The Kier molecular flexibility index (Phi) is 6.73. The molecule has 0 saturated heterocycles. The molecule has 5 nitrogen and oxygen atoms in total. The molecule has 1 atom stereocenters. The lowest BCUT2D eigenvalue weighted by molar-refractivity contribution is -0.127. The molecule has 0 bridgehead atoms. The van der Waals surface area contributed by atoms with Crippen molar-refractivity contribution >= 4 is 34.5 Å². The van der Waals surface area contributed by atoms with Gasteiger partial charge in [-0.15, -0.1) is 0 Å². The number of halogens is 1. The zero-order valence-electron chi connectivity index (χ0n) is 16.6. The average Bonchev–Trinajstić information content (AvgIpc) is 2.71. The van der Waals surface area contributed by atoms with Crippen molar-refractivity contribution in [1.29, 1.82) is 0 Å². The molecule has 0 aliphatic heterocycles. The number of nitrogens with zero attached hydrogens (tertiary/aromatic N) is 1. The number of fused-ring (bicyclic) bond motifs is 1. The monoisotopic (exact) mass is 410 g/mol. The van der Waals surface area contributed by atoms with Gasteiger partial charge in [-0.3, -0.25) is 4.79 Å². The highest BCUT2D eigenvalue weighted by atomic mass is 35.5. The standard InChI is InChI=1S/C23H23ClN2O3/c1-4-28-22-11-9-17-7-5-6-8-19(17)20(22)14-25-26-23(27)16(3)29-21-12-10-18(24)13-15(21)2/h5-14,16H,4H2,1-3H3,(H,26,27)/b25-14+. The zero-order chi connectivity index (χ0) is 20.8. The van der Waals surface area contributed by atoms with Crippen LogP contribution in [0.5, 0.6) is 11.5 Å². The number of ether oxygens (including phenoxy) is 2. The summed E-state index contributed by atoms with van der Waals surface area (Å²) in [7, 11) is 0. The van der Waals surface area contributed by atoms with Crippen LogP contribution in [-0.2, 0) is 4.79 Å². The predicted molar refractivity (Wildman–Crippen MR) is 117 cm³/mol. The number of hydrogen-bond acceptors (Lipinski definition) is 4. The Morgan fingerprint density at radius 3 is 2.69 bits per heavy atom. The highest BCUT2D eigenvalue weighted by Gasteiger charge is 2.15. The normalized spacial score (nSPS) is 12.1. The summed E-state index contributed by atoms with van der Waals surface area (Å²) in [4.78, 5) is 12.4. The van der Waals surface area contributed by atoms with Gasteiger partial charge in [0.15, 0.2) is 6.10 Å². The number of nitrogens with one attached hydrogen (secondary N) is 1. The van der Waals surface area contributed by atoms with Crippen molar-refractivity contribution in [2.24, 2.45) is 5.10 Å². The number of amides is 1. The molecule has 0 aliphatic carbocycles. The first-order valence-electron chi connectivity index (χ1n) is 9.40. The van der Waals surface area contributed by atoms with Gasteiger partial charge < -0.3 is 9.47 Å². The third kappa shape index (κ3) is 5.06. The average molecular weight is 411 g/mol. The van der Waals surface area contributed by atoms with Crippen molar-refractivity contribution in [2.45, 2.75) is 26.9 Å². The Hall–Kier alpha value is -3.05. The highest BCUT2D eigenvalue weighted by molar-refractivity contribution is 6.30. The van der Waals surface area contributed by atoms with E-state index in [1.165, 1.54) is 0 Å². The van der Waals surface area contributed by atoms with Crippen LogP contribution in [0, 0.1) is 6.92 Å². The minimum atomic E-state index is -0.717. The maximum atomic E-state index is 12.4. The van der Waals surface area contributed by atoms with Gasteiger partial charge in [0.25, 0.3) is 5.91 Å². The molecule has 0 radical (unpaired) electrons. The second kappa shape index (κ2) is 9.43. The third-order valence-corrected chi connectivity index (χ3v) is 4.64. The lowest BCUT2D eigenvalue weighted by atomic mass is 10.0. The van der Waals surface area contributed by atoms with E-state index < -0.39 is 6.10 Å². The second-order valence-corrected chi connectivity index (χ2v) is 6.97. The number of aryl methyl sites for hydroxylation is 1.